The number of nitrogens with one attached hydrogen (secondary N) is 1. The van der Waals surface area contributed by atoms with Crippen LogP contribution in [-0.2, 0) is 12.5 Å². The van der Waals surface area contributed by atoms with Gasteiger partial charge in [0.2, 0.25) is 0 Å². The zero-order chi connectivity index (χ0) is 24.5. The van der Waals surface area contributed by atoms with E-state index < -0.39 is 5.91 Å². The maximum absolute atomic E-state index is 13.5. The molecule has 1 N–H and O–H groups in total. The molecule has 4 rings (SSSR count). The number of carbonyl (C=O) groups is 2. The van der Waals surface area contributed by atoms with Crippen LogP contribution in [0.25, 0.3) is 0 Å². The molecule has 1 atom stereocenters. The molecule has 176 valence electrons. The number of piperidine rings is 1. The summed E-state index contributed by atoms with van der Waals surface area (Å²) in [5.41, 5.74) is 2.26. The third-order valence-electron chi connectivity index (χ3n) is 5.97. The van der Waals surface area contributed by atoms with Crippen LogP contribution in [0, 0.1) is 11.3 Å². The highest BCUT2D eigenvalue weighted by Gasteiger charge is 2.34. The first-order valence-corrected chi connectivity index (χ1v) is 11.3. The van der Waals surface area contributed by atoms with Crippen molar-refractivity contribution in [3.05, 3.63) is 64.8 Å². The second-order valence-corrected chi connectivity index (χ2v) is 9.56. The average Bonchev–Trinajstić information content (AvgIpc) is 3.46. The lowest BCUT2D eigenvalue weighted by Crippen LogP contribution is -2.39. The standard InChI is InChI=1S/C25H28N6O3/c1-25(2,3)22-14-20(30(4)28-22)24(33)31-11-6-5-10-19(31)21-13-18(29-34-21)23(32)27-17-9-7-8-16(12-17)15-26/h7-9,12-14,19H,5-6,10-11H2,1-4H3,(H,27,32). The molecule has 1 saturated heterocycles. The maximum Gasteiger partial charge on any atom is 0.277 e. The summed E-state index contributed by atoms with van der Waals surface area (Å²) in [6.45, 7) is 6.77. The second kappa shape index (κ2) is 9.14. The molecule has 9 heteroatoms. The summed E-state index contributed by atoms with van der Waals surface area (Å²) in [5, 5.41) is 20.3. The molecule has 2 amide bonds. The molecule has 1 aliphatic heterocycles. The van der Waals surface area contributed by atoms with Crippen LogP contribution in [0.2, 0.25) is 0 Å². The summed E-state index contributed by atoms with van der Waals surface area (Å²) in [7, 11) is 1.78. The van der Waals surface area contributed by atoms with Gasteiger partial charge in [0.15, 0.2) is 11.5 Å². The molecule has 0 spiro atoms. The molecular weight excluding hydrogens is 432 g/mol. The summed E-state index contributed by atoms with van der Waals surface area (Å²) in [6.07, 6.45) is 2.55. The minimum atomic E-state index is -0.444. The molecule has 0 aliphatic carbocycles. The van der Waals surface area contributed by atoms with Crippen molar-refractivity contribution in [2.75, 3.05) is 11.9 Å². The highest BCUT2D eigenvalue weighted by atomic mass is 16.5. The van der Waals surface area contributed by atoms with Crippen molar-refractivity contribution in [2.24, 2.45) is 7.05 Å². The van der Waals surface area contributed by atoms with Crippen LogP contribution in [0.5, 0.6) is 0 Å². The Labute approximate surface area is 198 Å². The number of rotatable bonds is 4. The van der Waals surface area contributed by atoms with Crippen molar-refractivity contribution < 1.29 is 14.1 Å². The normalized spacial score (nSPS) is 16.2. The summed E-state index contributed by atoms with van der Waals surface area (Å²) in [6, 6.07) is 11.8. The van der Waals surface area contributed by atoms with Crippen molar-refractivity contribution >= 4 is 17.5 Å². The van der Waals surface area contributed by atoms with Crippen LogP contribution in [0.3, 0.4) is 0 Å². The van der Waals surface area contributed by atoms with E-state index in [1.165, 1.54) is 0 Å². The maximum atomic E-state index is 13.5. The lowest BCUT2D eigenvalue weighted by molar-refractivity contribution is 0.0558. The predicted molar refractivity (Wildman–Crippen MR) is 125 cm³/mol. The largest absolute Gasteiger partial charge is 0.358 e. The first-order valence-electron chi connectivity index (χ1n) is 11.3. The van der Waals surface area contributed by atoms with E-state index in [4.69, 9.17) is 9.78 Å². The fraction of sp³-hybridized carbons (Fsp3) is 0.400. The van der Waals surface area contributed by atoms with E-state index in [1.54, 1.807) is 47.0 Å². The van der Waals surface area contributed by atoms with Crippen molar-refractivity contribution in [1.29, 1.82) is 5.26 Å². The molecule has 1 fully saturated rings. The number of nitriles is 1. The molecule has 0 saturated carbocycles. The lowest BCUT2D eigenvalue weighted by atomic mass is 9.92. The Hall–Kier alpha value is -3.93. The molecule has 2 aromatic heterocycles. The third-order valence-corrected chi connectivity index (χ3v) is 5.97. The predicted octanol–water partition coefficient (Wildman–Crippen LogP) is 4.20. The van der Waals surface area contributed by atoms with Crippen molar-refractivity contribution in [1.82, 2.24) is 19.8 Å². The number of likely N-dealkylation sites (tertiary alicyclic amines) is 1. The van der Waals surface area contributed by atoms with E-state index in [9.17, 15) is 9.59 Å². The van der Waals surface area contributed by atoms with Crippen LogP contribution in [0.4, 0.5) is 5.69 Å². The van der Waals surface area contributed by atoms with Gasteiger partial charge in [0.1, 0.15) is 5.69 Å². The molecule has 3 heterocycles. The Morgan fingerprint density at radius 1 is 1.21 bits per heavy atom. The molecule has 0 bridgehead atoms. The van der Waals surface area contributed by atoms with E-state index >= 15 is 0 Å². The van der Waals surface area contributed by atoms with Crippen molar-refractivity contribution in [3.63, 3.8) is 0 Å². The van der Waals surface area contributed by atoms with Gasteiger partial charge in [-0.05, 0) is 43.5 Å². The minimum Gasteiger partial charge on any atom is -0.358 e. The number of carbonyl (C=O) groups excluding carboxylic acids is 2. The Morgan fingerprint density at radius 3 is 2.71 bits per heavy atom. The van der Waals surface area contributed by atoms with Crippen LogP contribution >= 0.6 is 0 Å². The summed E-state index contributed by atoms with van der Waals surface area (Å²) in [5.74, 6) is -0.0895. The monoisotopic (exact) mass is 460 g/mol. The van der Waals surface area contributed by atoms with E-state index in [0.29, 0.717) is 29.2 Å². The first-order chi connectivity index (χ1) is 16.2. The summed E-state index contributed by atoms with van der Waals surface area (Å²) < 4.78 is 7.16. The minimum absolute atomic E-state index is 0.117. The zero-order valence-corrected chi connectivity index (χ0v) is 19.8. The molecule has 0 radical (unpaired) electrons. The Morgan fingerprint density at radius 2 is 2.00 bits per heavy atom. The Balaban J connectivity index is 1.54. The smallest absolute Gasteiger partial charge is 0.277 e. The van der Waals surface area contributed by atoms with E-state index in [-0.39, 0.29) is 23.1 Å². The third kappa shape index (κ3) is 4.71. The van der Waals surface area contributed by atoms with Gasteiger partial charge in [-0.2, -0.15) is 10.4 Å². The molecule has 1 aliphatic rings. The van der Waals surface area contributed by atoms with Crippen molar-refractivity contribution in [3.8, 4) is 6.07 Å². The fourth-order valence-corrected chi connectivity index (χ4v) is 4.07. The van der Waals surface area contributed by atoms with Gasteiger partial charge in [-0.3, -0.25) is 14.3 Å². The highest BCUT2D eigenvalue weighted by molar-refractivity contribution is 6.03. The van der Waals surface area contributed by atoms with E-state index in [2.05, 4.69) is 36.3 Å². The molecule has 3 aromatic rings. The van der Waals surface area contributed by atoms with Crippen LogP contribution in [0.15, 0.2) is 40.9 Å². The quantitative estimate of drug-likeness (QED) is 0.624. The van der Waals surface area contributed by atoms with Crippen LogP contribution in [-0.4, -0.2) is 38.2 Å². The number of amides is 2. The SMILES string of the molecule is Cn1nc(C(C)(C)C)cc1C(=O)N1CCCCC1c1cc(C(=O)Nc2cccc(C#N)c2)no1. The van der Waals surface area contributed by atoms with E-state index in [0.717, 1.165) is 25.0 Å². The van der Waals surface area contributed by atoms with Gasteiger partial charge in [-0.15, -0.1) is 0 Å². The lowest BCUT2D eigenvalue weighted by Gasteiger charge is -2.34. The van der Waals surface area contributed by atoms with Gasteiger partial charge in [0.25, 0.3) is 11.8 Å². The van der Waals surface area contributed by atoms with Gasteiger partial charge >= 0.3 is 0 Å². The number of nitrogens with zero attached hydrogens (tertiary/aromatic N) is 5. The Bertz CT molecular complexity index is 1260. The van der Waals surface area contributed by atoms with Crippen molar-refractivity contribution in [2.45, 2.75) is 51.5 Å². The fourth-order valence-electron chi connectivity index (χ4n) is 4.07. The molecule has 1 unspecified atom stereocenters. The van der Waals surface area contributed by atoms with Gasteiger partial charge in [0, 0.05) is 30.8 Å². The number of benzene rings is 1. The number of hydrogen-bond donors (Lipinski definition) is 1. The Kier molecular flexibility index (Phi) is 6.24. The van der Waals surface area contributed by atoms with Gasteiger partial charge < -0.3 is 14.7 Å². The molecule has 34 heavy (non-hydrogen) atoms. The van der Waals surface area contributed by atoms with Gasteiger partial charge in [-0.1, -0.05) is 32.0 Å². The summed E-state index contributed by atoms with van der Waals surface area (Å²) in [4.78, 5) is 27.9. The number of aryl methyl sites for hydroxylation is 1. The van der Waals surface area contributed by atoms with Crippen LogP contribution < -0.4 is 5.32 Å². The molecule has 9 nitrogen and oxygen atoms in total. The number of anilines is 1. The first kappa shape index (κ1) is 23.2. The summed E-state index contributed by atoms with van der Waals surface area (Å²) >= 11 is 0. The van der Waals surface area contributed by atoms with Gasteiger partial charge in [-0.25, -0.2) is 0 Å². The average molecular weight is 461 g/mol. The van der Waals surface area contributed by atoms with E-state index in [1.807, 2.05) is 12.1 Å². The molecular formula is C25H28N6O3. The topological polar surface area (TPSA) is 117 Å². The zero-order valence-electron chi connectivity index (χ0n) is 19.8. The second-order valence-electron chi connectivity index (χ2n) is 9.56. The molecule has 1 aromatic carbocycles. The van der Waals surface area contributed by atoms with Crippen LogP contribution in [0.1, 0.15) is 84.1 Å². The number of aromatic nitrogens is 3. The highest BCUT2D eigenvalue weighted by Crippen LogP contribution is 2.33. The van der Waals surface area contributed by atoms with Gasteiger partial charge in [0.05, 0.1) is 23.4 Å². The number of hydrogen-bond acceptors (Lipinski definition) is 6.